The highest BCUT2D eigenvalue weighted by molar-refractivity contribution is 9.10. The molecule has 0 atom stereocenters. The summed E-state index contributed by atoms with van der Waals surface area (Å²) in [6.45, 7) is 7.25. The molecule has 0 heterocycles. The van der Waals surface area contributed by atoms with Crippen molar-refractivity contribution in [1.82, 2.24) is 4.72 Å². The summed E-state index contributed by atoms with van der Waals surface area (Å²) in [5.41, 5.74) is -0.0887. The van der Waals surface area contributed by atoms with Crippen LogP contribution in [-0.4, -0.2) is 25.0 Å². The Bertz CT molecular complexity index is 651. The number of rotatable bonds is 6. The second-order valence-corrected chi connectivity index (χ2v) is 7.79. The number of carboxylic acids is 1. The van der Waals surface area contributed by atoms with Crippen LogP contribution >= 0.6 is 15.9 Å². The van der Waals surface area contributed by atoms with E-state index >= 15 is 0 Å². The van der Waals surface area contributed by atoms with Gasteiger partial charge >= 0.3 is 5.97 Å². The smallest absolute Gasteiger partial charge is 0.336 e. The first-order chi connectivity index (χ1) is 9.56. The van der Waals surface area contributed by atoms with Crippen LogP contribution in [0.1, 0.15) is 49.5 Å². The summed E-state index contributed by atoms with van der Waals surface area (Å²) in [4.78, 5) is 11.2. The van der Waals surface area contributed by atoms with E-state index in [1.54, 1.807) is 6.92 Å². The lowest BCUT2D eigenvalue weighted by atomic mass is 9.98. The molecule has 0 bridgehead atoms. The Morgan fingerprint density at radius 2 is 1.86 bits per heavy atom. The van der Waals surface area contributed by atoms with Crippen molar-refractivity contribution in [2.45, 2.75) is 51.0 Å². The number of carboxylic acid groups (broad SMARTS) is 1. The molecule has 1 aromatic rings. The zero-order valence-corrected chi connectivity index (χ0v) is 14.9. The first kappa shape index (κ1) is 18.1. The predicted molar refractivity (Wildman–Crippen MR) is 85.1 cm³/mol. The SMILES string of the molecule is CCC(C)(CC)NS(=O)(=O)c1cc(Br)c(C)c(C(=O)O)c1. The summed E-state index contributed by atoms with van der Waals surface area (Å²) in [7, 11) is -3.78. The molecule has 0 aliphatic carbocycles. The number of aromatic carboxylic acids is 1. The zero-order chi connectivity index (χ0) is 16.4. The van der Waals surface area contributed by atoms with Crippen molar-refractivity contribution in [3.8, 4) is 0 Å². The van der Waals surface area contributed by atoms with Crippen LogP contribution in [0.15, 0.2) is 21.5 Å². The highest BCUT2D eigenvalue weighted by Crippen LogP contribution is 2.26. The molecule has 0 radical (unpaired) electrons. The fourth-order valence-corrected chi connectivity index (χ4v) is 4.02. The molecule has 0 amide bonds. The van der Waals surface area contributed by atoms with Crippen LogP contribution in [-0.2, 0) is 10.0 Å². The summed E-state index contributed by atoms with van der Waals surface area (Å²) in [5, 5.41) is 9.17. The van der Waals surface area contributed by atoms with Crippen LogP contribution in [0.4, 0.5) is 0 Å². The van der Waals surface area contributed by atoms with E-state index in [4.69, 9.17) is 5.11 Å². The van der Waals surface area contributed by atoms with Gasteiger partial charge in [-0.3, -0.25) is 0 Å². The highest BCUT2D eigenvalue weighted by Gasteiger charge is 2.28. The third-order valence-electron chi connectivity index (χ3n) is 3.80. The Morgan fingerprint density at radius 3 is 2.29 bits per heavy atom. The van der Waals surface area contributed by atoms with Crippen molar-refractivity contribution in [2.24, 2.45) is 0 Å². The maximum Gasteiger partial charge on any atom is 0.336 e. The van der Waals surface area contributed by atoms with Crippen LogP contribution in [0.5, 0.6) is 0 Å². The average Bonchev–Trinajstić information content (AvgIpc) is 2.40. The predicted octanol–water partition coefficient (Wildman–Crippen LogP) is 3.31. The maximum absolute atomic E-state index is 12.5. The Hall–Kier alpha value is -0.920. The lowest BCUT2D eigenvalue weighted by Gasteiger charge is -2.28. The summed E-state index contributed by atoms with van der Waals surface area (Å²) < 4.78 is 28.1. The lowest BCUT2D eigenvalue weighted by molar-refractivity contribution is 0.0695. The van der Waals surface area contributed by atoms with Gasteiger partial charge in [-0.2, -0.15) is 0 Å². The van der Waals surface area contributed by atoms with Gasteiger partial charge in [0.1, 0.15) is 0 Å². The molecule has 1 aromatic carbocycles. The van der Waals surface area contributed by atoms with Gasteiger partial charge in [0.15, 0.2) is 0 Å². The molecule has 0 aliphatic rings. The molecule has 7 heteroatoms. The Labute approximate surface area is 133 Å². The molecule has 1 rings (SSSR count). The average molecular weight is 378 g/mol. The molecule has 0 saturated heterocycles. The van der Waals surface area contributed by atoms with Crippen molar-refractivity contribution in [3.63, 3.8) is 0 Å². The quantitative estimate of drug-likeness (QED) is 0.796. The molecule has 0 fully saturated rings. The van der Waals surface area contributed by atoms with Crippen LogP contribution in [0.2, 0.25) is 0 Å². The third kappa shape index (κ3) is 4.05. The number of benzene rings is 1. The van der Waals surface area contributed by atoms with Gasteiger partial charge in [0, 0.05) is 10.0 Å². The number of nitrogens with one attached hydrogen (secondary N) is 1. The monoisotopic (exact) mass is 377 g/mol. The van der Waals surface area contributed by atoms with Crippen molar-refractivity contribution in [3.05, 3.63) is 27.7 Å². The highest BCUT2D eigenvalue weighted by atomic mass is 79.9. The van der Waals surface area contributed by atoms with Gasteiger partial charge in [0.05, 0.1) is 10.5 Å². The van der Waals surface area contributed by atoms with Gasteiger partial charge in [0.2, 0.25) is 10.0 Å². The van der Waals surface area contributed by atoms with E-state index in [1.165, 1.54) is 12.1 Å². The van der Waals surface area contributed by atoms with Crippen LogP contribution in [0, 0.1) is 6.92 Å². The fraction of sp³-hybridized carbons (Fsp3) is 0.500. The molecule has 0 spiro atoms. The van der Waals surface area contributed by atoms with Crippen LogP contribution in [0.25, 0.3) is 0 Å². The van der Waals surface area contributed by atoms with Crippen molar-refractivity contribution in [1.29, 1.82) is 0 Å². The number of hydrogen-bond donors (Lipinski definition) is 2. The number of sulfonamides is 1. The number of carbonyl (C=O) groups is 1. The van der Waals surface area contributed by atoms with Gasteiger partial charge in [-0.15, -0.1) is 0 Å². The van der Waals surface area contributed by atoms with E-state index in [-0.39, 0.29) is 10.5 Å². The van der Waals surface area contributed by atoms with E-state index in [0.29, 0.717) is 22.9 Å². The zero-order valence-electron chi connectivity index (χ0n) is 12.5. The van der Waals surface area contributed by atoms with Gasteiger partial charge in [0.25, 0.3) is 0 Å². The summed E-state index contributed by atoms with van der Waals surface area (Å²) in [6.07, 6.45) is 1.28. The molecule has 118 valence electrons. The first-order valence-electron chi connectivity index (χ1n) is 6.63. The second kappa shape index (κ2) is 6.46. The number of halogens is 1. The standard InChI is InChI=1S/C14H20BrNO4S/c1-5-14(4,6-2)16-21(19,20)10-7-11(13(17)18)9(3)12(15)8-10/h7-8,16H,5-6H2,1-4H3,(H,17,18). The summed E-state index contributed by atoms with van der Waals surface area (Å²) in [6, 6.07) is 2.62. The molecule has 0 unspecified atom stereocenters. The van der Waals surface area contributed by atoms with Gasteiger partial charge in [-0.1, -0.05) is 29.8 Å². The first-order valence-corrected chi connectivity index (χ1v) is 8.91. The molecule has 2 N–H and O–H groups in total. The van der Waals surface area contributed by atoms with Gasteiger partial charge in [-0.25, -0.2) is 17.9 Å². The lowest BCUT2D eigenvalue weighted by Crippen LogP contribution is -2.44. The van der Waals surface area contributed by atoms with Crippen LogP contribution < -0.4 is 4.72 Å². The Kier molecular flexibility index (Phi) is 5.57. The molecular formula is C14H20BrNO4S. The molecule has 0 aliphatic heterocycles. The molecule has 0 saturated carbocycles. The minimum absolute atomic E-state index is 0.0283. The Morgan fingerprint density at radius 1 is 1.33 bits per heavy atom. The molecule has 0 aromatic heterocycles. The molecule has 5 nitrogen and oxygen atoms in total. The number of hydrogen-bond acceptors (Lipinski definition) is 3. The second-order valence-electron chi connectivity index (χ2n) is 5.26. The van der Waals surface area contributed by atoms with E-state index in [9.17, 15) is 13.2 Å². The van der Waals surface area contributed by atoms with Crippen molar-refractivity contribution >= 4 is 31.9 Å². The van der Waals surface area contributed by atoms with E-state index < -0.39 is 21.5 Å². The van der Waals surface area contributed by atoms with Gasteiger partial charge < -0.3 is 5.11 Å². The summed E-state index contributed by atoms with van der Waals surface area (Å²) >= 11 is 3.22. The fourth-order valence-electron chi connectivity index (χ4n) is 1.81. The van der Waals surface area contributed by atoms with E-state index in [1.807, 2.05) is 20.8 Å². The van der Waals surface area contributed by atoms with Crippen LogP contribution in [0.3, 0.4) is 0 Å². The molecule has 21 heavy (non-hydrogen) atoms. The van der Waals surface area contributed by atoms with Gasteiger partial charge in [-0.05, 0) is 44.4 Å². The largest absolute Gasteiger partial charge is 0.478 e. The van der Waals surface area contributed by atoms with E-state index in [2.05, 4.69) is 20.7 Å². The minimum atomic E-state index is -3.78. The maximum atomic E-state index is 12.5. The normalized spacial score (nSPS) is 12.4. The van der Waals surface area contributed by atoms with E-state index in [0.717, 1.165) is 0 Å². The Balaban J connectivity index is 3.36. The molecular weight excluding hydrogens is 358 g/mol. The topological polar surface area (TPSA) is 83.5 Å². The van der Waals surface area contributed by atoms with Crippen molar-refractivity contribution in [2.75, 3.05) is 0 Å². The minimum Gasteiger partial charge on any atom is -0.478 e. The summed E-state index contributed by atoms with van der Waals surface area (Å²) in [5.74, 6) is -1.15. The third-order valence-corrected chi connectivity index (χ3v) is 6.24. The van der Waals surface area contributed by atoms with Crippen molar-refractivity contribution < 1.29 is 18.3 Å².